The molecule has 1 N–H and O–H groups in total. The molecule has 8 heteroatoms. The number of methoxy groups -OCH3 is 1. The third-order valence-corrected chi connectivity index (χ3v) is 5.52. The largest absolute Gasteiger partial charge is 0.497 e. The van der Waals surface area contributed by atoms with Crippen molar-refractivity contribution >= 4 is 17.8 Å². The molecule has 0 aromatic heterocycles. The van der Waals surface area contributed by atoms with Gasteiger partial charge in [0, 0.05) is 63.2 Å². The van der Waals surface area contributed by atoms with Gasteiger partial charge in [-0.25, -0.2) is 4.79 Å². The highest BCUT2D eigenvalue weighted by Crippen LogP contribution is 2.35. The van der Waals surface area contributed by atoms with Gasteiger partial charge in [-0.1, -0.05) is 6.07 Å². The number of hydrogen-bond donors (Lipinski definition) is 1. The van der Waals surface area contributed by atoms with Gasteiger partial charge in [-0.3, -0.25) is 9.59 Å². The van der Waals surface area contributed by atoms with Gasteiger partial charge in [0.05, 0.1) is 7.11 Å². The van der Waals surface area contributed by atoms with Crippen molar-refractivity contribution in [3.63, 3.8) is 0 Å². The Morgan fingerprint density at radius 1 is 1.14 bits per heavy atom. The second kappa shape index (κ2) is 8.31. The van der Waals surface area contributed by atoms with Crippen molar-refractivity contribution in [1.82, 2.24) is 20.0 Å². The van der Waals surface area contributed by atoms with Crippen molar-refractivity contribution in [3.8, 4) is 5.75 Å². The maximum Gasteiger partial charge on any atom is 0.317 e. The summed E-state index contributed by atoms with van der Waals surface area (Å²) in [5, 5.41) is 2.93. The molecule has 1 atom stereocenters. The molecule has 2 aliphatic heterocycles. The number of ether oxygens (including phenoxy) is 1. The first-order valence-electron chi connectivity index (χ1n) is 9.96. The molecule has 8 nitrogen and oxygen atoms in total. The van der Waals surface area contributed by atoms with Crippen LogP contribution in [0.3, 0.4) is 0 Å². The average molecular weight is 402 g/mol. The fourth-order valence-corrected chi connectivity index (χ4v) is 4.20. The van der Waals surface area contributed by atoms with Gasteiger partial charge in [0.2, 0.25) is 5.91 Å². The molecule has 1 aromatic carbocycles. The maximum atomic E-state index is 13.2. The van der Waals surface area contributed by atoms with Crippen molar-refractivity contribution in [3.05, 3.63) is 29.8 Å². The van der Waals surface area contributed by atoms with Crippen LogP contribution in [-0.2, 0) is 4.79 Å². The first-order valence-corrected chi connectivity index (χ1v) is 9.96. The molecule has 158 valence electrons. The standard InChI is InChI=1S/C21H30N4O4/c1-15(2)22-20(28)25-9-8-24(13-21(14-25)11-18(26)23(3)12-21)19(27)16-6-5-7-17(10-16)29-4/h5-7,10,15H,8-9,11-14H2,1-4H3,(H,22,28). The Hall–Kier alpha value is -2.77. The van der Waals surface area contributed by atoms with Crippen LogP contribution in [0, 0.1) is 5.41 Å². The Balaban J connectivity index is 1.86. The molecule has 2 aliphatic rings. The lowest BCUT2D eigenvalue weighted by Gasteiger charge is -2.33. The Bertz CT molecular complexity index is 797. The summed E-state index contributed by atoms with van der Waals surface area (Å²) < 4.78 is 5.24. The molecule has 0 bridgehead atoms. The van der Waals surface area contributed by atoms with Crippen LogP contribution in [0.15, 0.2) is 24.3 Å². The zero-order valence-electron chi connectivity index (χ0n) is 17.6. The van der Waals surface area contributed by atoms with Crippen LogP contribution >= 0.6 is 0 Å². The van der Waals surface area contributed by atoms with E-state index < -0.39 is 5.41 Å². The number of benzene rings is 1. The minimum atomic E-state index is -0.467. The number of nitrogens with one attached hydrogen (secondary N) is 1. The zero-order chi connectivity index (χ0) is 21.2. The minimum Gasteiger partial charge on any atom is -0.497 e. The Morgan fingerprint density at radius 3 is 2.45 bits per heavy atom. The first-order chi connectivity index (χ1) is 13.7. The lowest BCUT2D eigenvalue weighted by atomic mass is 9.86. The molecule has 2 fully saturated rings. The molecule has 1 unspecified atom stereocenters. The summed E-state index contributed by atoms with van der Waals surface area (Å²) in [5.41, 5.74) is 0.0720. The number of carbonyl (C=O) groups excluding carboxylic acids is 3. The van der Waals surface area contributed by atoms with Crippen LogP contribution in [-0.4, -0.2) is 85.5 Å². The predicted molar refractivity (Wildman–Crippen MR) is 109 cm³/mol. The molecule has 1 spiro atoms. The lowest BCUT2D eigenvalue weighted by Crippen LogP contribution is -2.49. The molecule has 0 radical (unpaired) electrons. The summed E-state index contributed by atoms with van der Waals surface area (Å²) in [6, 6.07) is 6.92. The molecule has 0 saturated carbocycles. The Labute approximate surface area is 171 Å². The molecular formula is C21H30N4O4. The van der Waals surface area contributed by atoms with E-state index in [4.69, 9.17) is 4.74 Å². The van der Waals surface area contributed by atoms with Gasteiger partial charge in [0.1, 0.15) is 5.75 Å². The summed E-state index contributed by atoms with van der Waals surface area (Å²) in [5.74, 6) is 0.551. The molecule has 2 heterocycles. The highest BCUT2D eigenvalue weighted by molar-refractivity contribution is 5.95. The minimum absolute atomic E-state index is 0.0177. The molecule has 3 rings (SSSR count). The van der Waals surface area contributed by atoms with E-state index in [9.17, 15) is 14.4 Å². The number of carbonyl (C=O) groups is 3. The van der Waals surface area contributed by atoms with E-state index in [0.29, 0.717) is 50.5 Å². The molecular weight excluding hydrogens is 372 g/mol. The maximum absolute atomic E-state index is 13.2. The molecule has 1 aromatic rings. The van der Waals surface area contributed by atoms with Crippen molar-refractivity contribution < 1.29 is 19.1 Å². The van der Waals surface area contributed by atoms with Gasteiger partial charge in [0.25, 0.3) is 5.91 Å². The molecule has 4 amide bonds. The van der Waals surface area contributed by atoms with Gasteiger partial charge in [-0.15, -0.1) is 0 Å². The van der Waals surface area contributed by atoms with E-state index in [0.717, 1.165) is 0 Å². The summed E-state index contributed by atoms with van der Waals surface area (Å²) in [7, 11) is 3.34. The third kappa shape index (κ3) is 4.63. The topological polar surface area (TPSA) is 82.2 Å². The van der Waals surface area contributed by atoms with Crippen molar-refractivity contribution in [2.45, 2.75) is 26.3 Å². The van der Waals surface area contributed by atoms with E-state index in [1.54, 1.807) is 53.1 Å². The van der Waals surface area contributed by atoms with Gasteiger partial charge in [0.15, 0.2) is 0 Å². The lowest BCUT2D eigenvalue weighted by molar-refractivity contribution is -0.126. The fraction of sp³-hybridized carbons (Fsp3) is 0.571. The second-order valence-corrected chi connectivity index (χ2v) is 8.41. The summed E-state index contributed by atoms with van der Waals surface area (Å²) in [4.78, 5) is 43.5. The van der Waals surface area contributed by atoms with Crippen molar-refractivity contribution in [2.75, 3.05) is 46.9 Å². The zero-order valence-corrected chi connectivity index (χ0v) is 17.6. The number of likely N-dealkylation sites (tertiary alicyclic amines) is 1. The Morgan fingerprint density at radius 2 is 1.83 bits per heavy atom. The van der Waals surface area contributed by atoms with Crippen LogP contribution in [0.1, 0.15) is 30.6 Å². The van der Waals surface area contributed by atoms with Crippen LogP contribution in [0.4, 0.5) is 4.79 Å². The summed E-state index contributed by atoms with van der Waals surface area (Å²) in [6.45, 7) is 6.08. The monoisotopic (exact) mass is 402 g/mol. The predicted octanol–water partition coefficient (Wildman–Crippen LogP) is 1.42. The van der Waals surface area contributed by atoms with E-state index in [2.05, 4.69) is 5.32 Å². The van der Waals surface area contributed by atoms with Crippen LogP contribution in [0.5, 0.6) is 5.75 Å². The van der Waals surface area contributed by atoms with Crippen LogP contribution in [0.2, 0.25) is 0 Å². The summed E-state index contributed by atoms with van der Waals surface area (Å²) >= 11 is 0. The van der Waals surface area contributed by atoms with Crippen molar-refractivity contribution in [1.29, 1.82) is 0 Å². The SMILES string of the molecule is COc1cccc(C(=O)N2CCN(C(=O)NC(C)C)CC3(CC(=O)N(C)C3)C2)c1. The number of amides is 4. The number of rotatable bonds is 3. The first kappa shape index (κ1) is 21.0. The van der Waals surface area contributed by atoms with E-state index in [-0.39, 0.29) is 23.9 Å². The van der Waals surface area contributed by atoms with E-state index >= 15 is 0 Å². The van der Waals surface area contributed by atoms with E-state index in [1.807, 2.05) is 13.8 Å². The number of hydrogen-bond acceptors (Lipinski definition) is 4. The van der Waals surface area contributed by atoms with Gasteiger partial charge in [-0.2, -0.15) is 0 Å². The van der Waals surface area contributed by atoms with Gasteiger partial charge < -0.3 is 24.8 Å². The van der Waals surface area contributed by atoms with Crippen molar-refractivity contribution in [2.24, 2.45) is 5.41 Å². The summed E-state index contributed by atoms with van der Waals surface area (Å²) in [6.07, 6.45) is 0.330. The number of urea groups is 1. The number of nitrogens with zero attached hydrogens (tertiary/aromatic N) is 3. The fourth-order valence-electron chi connectivity index (χ4n) is 4.20. The quantitative estimate of drug-likeness (QED) is 0.829. The Kier molecular flexibility index (Phi) is 6.00. The molecule has 29 heavy (non-hydrogen) atoms. The normalized spacial score (nSPS) is 22.2. The highest BCUT2D eigenvalue weighted by Gasteiger charge is 2.47. The van der Waals surface area contributed by atoms with Gasteiger partial charge in [-0.05, 0) is 32.0 Å². The smallest absolute Gasteiger partial charge is 0.317 e. The highest BCUT2D eigenvalue weighted by atomic mass is 16.5. The molecule has 2 saturated heterocycles. The third-order valence-electron chi connectivity index (χ3n) is 5.52. The van der Waals surface area contributed by atoms with Crippen LogP contribution < -0.4 is 10.1 Å². The van der Waals surface area contributed by atoms with E-state index in [1.165, 1.54) is 0 Å². The molecule has 0 aliphatic carbocycles. The van der Waals surface area contributed by atoms with Crippen LogP contribution in [0.25, 0.3) is 0 Å². The second-order valence-electron chi connectivity index (χ2n) is 8.41. The average Bonchev–Trinajstić information content (AvgIpc) is 2.84. The van der Waals surface area contributed by atoms with Gasteiger partial charge >= 0.3 is 6.03 Å².